The highest BCUT2D eigenvalue weighted by Gasteiger charge is 2.44. The van der Waals surface area contributed by atoms with Gasteiger partial charge in [0.1, 0.15) is 25.9 Å². The Morgan fingerprint density at radius 3 is 2.49 bits per heavy atom. The van der Waals surface area contributed by atoms with Gasteiger partial charge in [-0.1, -0.05) is 18.2 Å². The number of phosphoric acid groups is 1. The summed E-state index contributed by atoms with van der Waals surface area (Å²) in [5, 5.41) is 32.2. The molecule has 18 heteroatoms. The Bertz CT molecular complexity index is 1360. The third kappa shape index (κ3) is 7.30. The van der Waals surface area contributed by atoms with E-state index in [-0.39, 0.29) is 16.8 Å². The highest BCUT2D eigenvalue weighted by atomic mass is 31.3. The van der Waals surface area contributed by atoms with Crippen molar-refractivity contribution in [2.75, 3.05) is 11.9 Å². The van der Waals surface area contributed by atoms with Gasteiger partial charge in [0.25, 0.3) is 13.4 Å². The van der Waals surface area contributed by atoms with Gasteiger partial charge in [-0.2, -0.15) is 0 Å². The molecule has 1 fully saturated rings. The number of benzene rings is 1. The zero-order valence-corrected chi connectivity index (χ0v) is 20.9. The molecule has 0 radical (unpaired) electrons. The van der Waals surface area contributed by atoms with Gasteiger partial charge in [-0.05, 0) is 5.56 Å². The lowest BCUT2D eigenvalue weighted by Gasteiger charge is -2.32. The summed E-state index contributed by atoms with van der Waals surface area (Å²) in [7, 11) is -10.8. The number of aliphatic hydroxyl groups excluding tert-OH is 3. The van der Waals surface area contributed by atoms with Gasteiger partial charge in [0.15, 0.2) is 6.23 Å². The van der Waals surface area contributed by atoms with Crippen LogP contribution in [0.3, 0.4) is 0 Å². The molecule has 1 amide bonds. The lowest BCUT2D eigenvalue weighted by molar-refractivity contribution is -0.234. The molecule has 0 bridgehead atoms. The molecule has 5 N–H and O–H groups in total. The van der Waals surface area contributed by atoms with Gasteiger partial charge >= 0.3 is 5.69 Å². The summed E-state index contributed by atoms with van der Waals surface area (Å²) < 4.78 is 39.5. The van der Waals surface area contributed by atoms with Gasteiger partial charge in [0.2, 0.25) is 5.91 Å². The number of rotatable bonds is 10. The molecule has 37 heavy (non-hydrogen) atoms. The fraction of sp³-hybridized carbons (Fsp3) is 0.421. The van der Waals surface area contributed by atoms with Gasteiger partial charge < -0.3 is 44.2 Å². The van der Waals surface area contributed by atoms with E-state index in [0.29, 0.717) is 0 Å². The summed E-state index contributed by atoms with van der Waals surface area (Å²) in [6.07, 6.45) is -6.56. The molecule has 1 aliphatic heterocycles. The van der Waals surface area contributed by atoms with Crippen molar-refractivity contribution in [1.82, 2.24) is 9.55 Å². The minimum absolute atomic E-state index is 0.0289. The molecule has 3 rings (SSSR count). The first-order valence-electron chi connectivity index (χ1n) is 10.5. The second-order valence-electron chi connectivity index (χ2n) is 7.95. The van der Waals surface area contributed by atoms with E-state index in [0.717, 1.165) is 23.8 Å². The maximum atomic E-state index is 12.5. The number of hydrogen-bond acceptors (Lipinski definition) is 13. The van der Waals surface area contributed by atoms with Crippen LogP contribution in [0, 0.1) is 0 Å². The molecule has 0 saturated carbocycles. The molecule has 1 aromatic carbocycles. The Morgan fingerprint density at radius 1 is 1.19 bits per heavy atom. The van der Waals surface area contributed by atoms with Gasteiger partial charge in [-0.3, -0.25) is 28.0 Å². The molecule has 16 nitrogen and oxygen atoms in total. The highest BCUT2D eigenvalue weighted by Crippen LogP contribution is 2.57. The van der Waals surface area contributed by atoms with Crippen molar-refractivity contribution in [1.29, 1.82) is 0 Å². The summed E-state index contributed by atoms with van der Waals surface area (Å²) >= 11 is 0. The Labute approximate surface area is 208 Å². The Balaban J connectivity index is 1.68. The molecular formula is C19H23N3O13P2-2. The number of ether oxygens (including phenoxy) is 1. The topological polar surface area (TPSA) is 253 Å². The number of anilines is 1. The number of H-pyrrole nitrogens is 1. The SMILES string of the molecule is CC(=O)Nc1c(CO)cccc1CP(=O)([O-])OP(=O)([O-])OC[C@H]1O[C@@H](n2ccc(=O)[nH]c2=O)[C@@H](O)C1O. The van der Waals surface area contributed by atoms with E-state index in [1.165, 1.54) is 18.2 Å². The van der Waals surface area contributed by atoms with Crippen molar-refractivity contribution in [2.45, 2.75) is 44.2 Å². The van der Waals surface area contributed by atoms with Crippen LogP contribution in [0.1, 0.15) is 24.3 Å². The minimum Gasteiger partial charge on any atom is -0.778 e. The first kappa shape index (κ1) is 29.1. The third-order valence-electron chi connectivity index (χ3n) is 5.16. The predicted octanol–water partition coefficient (Wildman–Crippen LogP) is -2.14. The van der Waals surface area contributed by atoms with Crippen molar-refractivity contribution in [3.05, 3.63) is 62.4 Å². The molecule has 2 aromatic rings. The fourth-order valence-electron chi connectivity index (χ4n) is 3.56. The van der Waals surface area contributed by atoms with Gasteiger partial charge in [-0.15, -0.1) is 0 Å². The number of aromatic amines is 1. The second-order valence-corrected chi connectivity index (χ2v) is 11.3. The van der Waals surface area contributed by atoms with Crippen LogP contribution in [-0.2, 0) is 40.3 Å². The number of nitrogens with zero attached hydrogens (tertiary/aromatic N) is 1. The number of carbonyl (C=O) groups excluding carboxylic acids is 1. The van der Waals surface area contributed by atoms with E-state index < -0.39 is 76.5 Å². The molecule has 3 unspecified atom stereocenters. The van der Waals surface area contributed by atoms with E-state index in [1.807, 2.05) is 4.98 Å². The van der Waals surface area contributed by atoms with Crippen LogP contribution in [0.15, 0.2) is 40.1 Å². The van der Waals surface area contributed by atoms with Gasteiger partial charge in [-0.25, -0.2) is 4.79 Å². The van der Waals surface area contributed by atoms with Crippen LogP contribution < -0.4 is 26.4 Å². The number of aromatic nitrogens is 2. The van der Waals surface area contributed by atoms with Crippen LogP contribution >= 0.6 is 15.4 Å². The van der Waals surface area contributed by atoms with Gasteiger partial charge in [0.05, 0.1) is 13.2 Å². The molecular weight excluding hydrogens is 540 g/mol. The van der Waals surface area contributed by atoms with E-state index >= 15 is 0 Å². The van der Waals surface area contributed by atoms with Crippen molar-refractivity contribution < 1.29 is 52.6 Å². The third-order valence-corrected chi connectivity index (χ3v) is 8.14. The molecule has 1 saturated heterocycles. The van der Waals surface area contributed by atoms with Crippen molar-refractivity contribution in [2.24, 2.45) is 0 Å². The van der Waals surface area contributed by atoms with Crippen LogP contribution in [0.25, 0.3) is 0 Å². The largest absolute Gasteiger partial charge is 0.778 e. The Kier molecular flexibility index (Phi) is 9.03. The molecule has 0 spiro atoms. The minimum atomic E-state index is -5.57. The van der Waals surface area contributed by atoms with Gasteiger partial charge in [0, 0.05) is 36.6 Å². The van der Waals surface area contributed by atoms with E-state index in [4.69, 9.17) is 4.74 Å². The molecule has 6 atom stereocenters. The standard InChI is InChI=1S/C19H25N3O13P2/c1-10(24)20-15-11(7-23)3-2-4-12(15)9-36(29,30)35-37(31,32)33-8-13-16(26)17(27)18(34-13)22-6-5-14(25)21-19(22)28/h2-6,13,16-18,23,26-27H,7-9H2,1H3,(H,20,24)(H,29,30)(H,31,32)(H,21,25,28)/p-2/t13-,16?,17+,18-/m1/s1. The smallest absolute Gasteiger partial charge is 0.330 e. The van der Waals surface area contributed by atoms with E-state index in [1.54, 1.807) is 0 Å². The highest BCUT2D eigenvalue weighted by molar-refractivity contribution is 7.62. The first-order chi connectivity index (χ1) is 17.2. The van der Waals surface area contributed by atoms with E-state index in [9.17, 15) is 48.6 Å². The molecule has 2 heterocycles. The number of phosphoric ester groups is 1. The van der Waals surface area contributed by atoms with Crippen molar-refractivity contribution >= 4 is 27.0 Å². The normalized spacial score (nSPS) is 24.8. The van der Waals surface area contributed by atoms with Crippen molar-refractivity contribution in [3.8, 4) is 0 Å². The lowest BCUT2D eigenvalue weighted by atomic mass is 10.1. The zero-order chi connectivity index (χ0) is 27.5. The number of nitrogens with one attached hydrogen (secondary N) is 2. The van der Waals surface area contributed by atoms with Crippen LogP contribution in [-0.4, -0.2) is 55.7 Å². The average molecular weight is 563 g/mol. The number of aliphatic hydroxyl groups is 3. The predicted molar refractivity (Wildman–Crippen MR) is 120 cm³/mol. The second kappa shape index (κ2) is 11.5. The van der Waals surface area contributed by atoms with E-state index in [2.05, 4.69) is 14.2 Å². The van der Waals surface area contributed by atoms with Crippen LogP contribution in [0.5, 0.6) is 0 Å². The molecule has 1 aliphatic rings. The fourth-order valence-corrected chi connectivity index (χ4v) is 6.20. The summed E-state index contributed by atoms with van der Waals surface area (Å²) in [6.45, 7) is -0.386. The number of para-hydroxylation sites is 1. The summed E-state index contributed by atoms with van der Waals surface area (Å²) in [5.74, 6) is -0.568. The molecule has 204 valence electrons. The van der Waals surface area contributed by atoms with Crippen LogP contribution in [0.2, 0.25) is 0 Å². The monoisotopic (exact) mass is 563 g/mol. The summed E-state index contributed by atoms with van der Waals surface area (Å²) in [6, 6.07) is 5.03. The van der Waals surface area contributed by atoms with Crippen molar-refractivity contribution in [3.63, 3.8) is 0 Å². The van der Waals surface area contributed by atoms with Crippen LogP contribution in [0.4, 0.5) is 5.69 Å². The Hall–Kier alpha value is -2.49. The average Bonchev–Trinajstić information content (AvgIpc) is 3.06. The molecule has 0 aliphatic carbocycles. The molecule has 1 aromatic heterocycles. The zero-order valence-electron chi connectivity index (χ0n) is 19.1. The summed E-state index contributed by atoms with van der Waals surface area (Å²) in [4.78, 5) is 61.2. The first-order valence-corrected chi connectivity index (χ1v) is 13.7. The maximum absolute atomic E-state index is 12.5. The summed E-state index contributed by atoms with van der Waals surface area (Å²) in [5.41, 5.74) is -1.62. The maximum Gasteiger partial charge on any atom is 0.330 e. The Morgan fingerprint density at radius 2 is 1.86 bits per heavy atom. The lowest BCUT2D eigenvalue weighted by Crippen LogP contribution is -2.37. The number of carbonyl (C=O) groups is 1. The number of amides is 1. The number of hydrogen-bond donors (Lipinski definition) is 5. The quantitative estimate of drug-likeness (QED) is 0.194.